The van der Waals surface area contributed by atoms with Crippen molar-refractivity contribution in [3.8, 4) is 28.8 Å². The van der Waals surface area contributed by atoms with Crippen LogP contribution in [0, 0.1) is 11.3 Å². The van der Waals surface area contributed by atoms with Crippen LogP contribution in [-0.2, 0) is 16.0 Å². The molecule has 14 heteroatoms. The lowest BCUT2D eigenvalue weighted by atomic mass is 9.89. The van der Waals surface area contributed by atoms with Crippen molar-refractivity contribution >= 4 is 11.6 Å². The van der Waals surface area contributed by atoms with E-state index in [2.05, 4.69) is 50.2 Å². The summed E-state index contributed by atoms with van der Waals surface area (Å²) in [6.07, 6.45) is 13.2. The third kappa shape index (κ3) is 8.28. The van der Waals surface area contributed by atoms with Gasteiger partial charge in [0.1, 0.15) is 42.9 Å². The smallest absolute Gasteiger partial charge is 0.257 e. The van der Waals surface area contributed by atoms with E-state index in [1.54, 1.807) is 36.6 Å². The Labute approximate surface area is 281 Å². The SMILES string of the molecule is COCCOc1nn(C2CCC(N3C[C@@H](C)O[C@@H](C)C3)CC2)cc1Nc1ncc(-c2ccc(C#N)c(OC(C)Cn3cncn3)c2)cn1. The van der Waals surface area contributed by atoms with Crippen LogP contribution in [0.25, 0.3) is 11.1 Å². The first kappa shape index (κ1) is 33.3. The van der Waals surface area contributed by atoms with E-state index in [0.717, 1.165) is 49.9 Å². The molecule has 0 bridgehead atoms. The number of nitrogens with one attached hydrogen (secondary N) is 1. The second kappa shape index (κ2) is 15.5. The Kier molecular flexibility index (Phi) is 10.8. The predicted octanol–water partition coefficient (Wildman–Crippen LogP) is 4.63. The van der Waals surface area contributed by atoms with Crippen LogP contribution in [0.4, 0.5) is 11.6 Å². The highest BCUT2D eigenvalue weighted by Gasteiger charge is 2.32. The molecule has 2 aliphatic rings. The van der Waals surface area contributed by atoms with Gasteiger partial charge in [-0.3, -0.25) is 9.58 Å². The van der Waals surface area contributed by atoms with Crippen molar-refractivity contribution in [2.24, 2.45) is 0 Å². The van der Waals surface area contributed by atoms with Gasteiger partial charge < -0.3 is 24.3 Å². The minimum atomic E-state index is -0.231. The van der Waals surface area contributed by atoms with E-state index in [1.807, 2.05) is 29.9 Å². The molecule has 0 radical (unpaired) electrons. The lowest BCUT2D eigenvalue weighted by molar-refractivity contribution is -0.0852. The second-order valence-corrected chi connectivity index (χ2v) is 12.6. The van der Waals surface area contributed by atoms with Gasteiger partial charge in [-0.25, -0.2) is 19.6 Å². The molecule has 6 rings (SSSR count). The molecule has 48 heavy (non-hydrogen) atoms. The molecule has 1 saturated heterocycles. The van der Waals surface area contributed by atoms with Gasteiger partial charge in [0, 0.05) is 44.2 Å². The molecule has 4 aromatic rings. The average Bonchev–Trinajstić information content (AvgIpc) is 3.75. The lowest BCUT2D eigenvalue weighted by Crippen LogP contribution is -2.51. The Balaban J connectivity index is 1.12. The molecule has 1 unspecified atom stereocenters. The zero-order valence-corrected chi connectivity index (χ0v) is 28.0. The number of anilines is 2. The summed E-state index contributed by atoms with van der Waals surface area (Å²) >= 11 is 0. The van der Waals surface area contributed by atoms with Crippen molar-refractivity contribution in [3.63, 3.8) is 0 Å². The van der Waals surface area contributed by atoms with Crippen molar-refractivity contribution in [1.82, 2.24) is 39.4 Å². The van der Waals surface area contributed by atoms with Crippen LogP contribution >= 0.6 is 0 Å². The highest BCUT2D eigenvalue weighted by Crippen LogP contribution is 2.35. The summed E-state index contributed by atoms with van der Waals surface area (Å²) in [6, 6.07) is 8.51. The van der Waals surface area contributed by atoms with Gasteiger partial charge in [0.15, 0.2) is 0 Å². The van der Waals surface area contributed by atoms with Gasteiger partial charge in [-0.1, -0.05) is 6.07 Å². The Morgan fingerprint density at radius 3 is 2.48 bits per heavy atom. The van der Waals surface area contributed by atoms with Gasteiger partial charge in [0.2, 0.25) is 5.95 Å². The zero-order chi connectivity index (χ0) is 33.5. The van der Waals surface area contributed by atoms with E-state index >= 15 is 0 Å². The molecule has 1 N–H and O–H groups in total. The molecule has 1 aromatic carbocycles. The average molecular weight is 657 g/mol. The van der Waals surface area contributed by atoms with Gasteiger partial charge >= 0.3 is 0 Å². The maximum Gasteiger partial charge on any atom is 0.257 e. The van der Waals surface area contributed by atoms with Crippen molar-refractivity contribution < 1.29 is 18.9 Å². The highest BCUT2D eigenvalue weighted by molar-refractivity contribution is 5.67. The summed E-state index contributed by atoms with van der Waals surface area (Å²) in [4.78, 5) is 15.8. The van der Waals surface area contributed by atoms with Crippen molar-refractivity contribution in [2.45, 2.75) is 83.4 Å². The highest BCUT2D eigenvalue weighted by atomic mass is 16.5. The Morgan fingerprint density at radius 1 is 1.04 bits per heavy atom. The van der Waals surface area contributed by atoms with Crippen LogP contribution in [-0.4, -0.2) is 97.2 Å². The number of nitrogens with zero attached hydrogens (tertiary/aromatic N) is 9. The standard InChI is InChI=1S/C34H44N10O4/c1-23-17-42(18-24(2)47-23)29-7-9-30(10-8-29)44-20-31(33(41-44)46-12-11-45-4)40-34-37-15-28(16-38-34)26-5-6-27(14-35)32(13-26)48-25(3)19-43-22-36-21-39-43/h5-6,13,15-16,20-25,29-30H,7-12,17-19H2,1-4H3,(H,37,38,40)/t23-,24+,25?,29?,30?. The number of ether oxygens (including phenoxy) is 4. The molecular formula is C34H44N10O4. The van der Waals surface area contributed by atoms with Gasteiger partial charge in [0.25, 0.3) is 5.88 Å². The number of hydrogen-bond donors (Lipinski definition) is 1. The molecule has 4 heterocycles. The number of nitriles is 1. The van der Waals surface area contributed by atoms with Crippen molar-refractivity contribution in [2.75, 3.05) is 38.7 Å². The van der Waals surface area contributed by atoms with Crippen LogP contribution in [0.3, 0.4) is 0 Å². The number of aromatic nitrogens is 7. The predicted molar refractivity (Wildman–Crippen MR) is 178 cm³/mol. The van der Waals surface area contributed by atoms with Gasteiger partial charge in [-0.2, -0.15) is 10.4 Å². The minimum Gasteiger partial charge on any atom is -0.487 e. The van der Waals surface area contributed by atoms with Crippen LogP contribution in [0.1, 0.15) is 58.1 Å². The molecule has 254 valence electrons. The normalized spacial score (nSPS) is 22.1. The summed E-state index contributed by atoms with van der Waals surface area (Å²) in [5.74, 6) is 1.39. The molecule has 1 saturated carbocycles. The first-order valence-corrected chi connectivity index (χ1v) is 16.6. The van der Waals surface area contributed by atoms with Crippen molar-refractivity contribution in [1.29, 1.82) is 5.26 Å². The Morgan fingerprint density at radius 2 is 1.79 bits per heavy atom. The summed E-state index contributed by atoms with van der Waals surface area (Å²) in [5, 5.41) is 21.9. The van der Waals surface area contributed by atoms with Crippen LogP contribution < -0.4 is 14.8 Å². The van der Waals surface area contributed by atoms with Gasteiger partial charge in [0.05, 0.1) is 43.2 Å². The second-order valence-electron chi connectivity index (χ2n) is 12.6. The molecule has 0 spiro atoms. The van der Waals surface area contributed by atoms with E-state index in [0.29, 0.717) is 54.6 Å². The number of morpholine rings is 1. The first-order chi connectivity index (χ1) is 23.4. The van der Waals surface area contributed by atoms with Crippen LogP contribution in [0.15, 0.2) is 49.4 Å². The van der Waals surface area contributed by atoms with Crippen LogP contribution in [0.5, 0.6) is 11.6 Å². The first-order valence-electron chi connectivity index (χ1n) is 16.6. The summed E-state index contributed by atoms with van der Waals surface area (Å²) in [5.41, 5.74) is 2.76. The fraction of sp³-hybridized carbons (Fsp3) is 0.529. The lowest BCUT2D eigenvalue weighted by Gasteiger charge is -2.42. The number of rotatable bonds is 13. The number of benzene rings is 1. The summed E-state index contributed by atoms with van der Waals surface area (Å²) in [7, 11) is 1.65. The number of hydrogen-bond acceptors (Lipinski definition) is 12. The minimum absolute atomic E-state index is 0.231. The summed E-state index contributed by atoms with van der Waals surface area (Å²) < 4.78 is 27.0. The van der Waals surface area contributed by atoms with E-state index < -0.39 is 0 Å². The summed E-state index contributed by atoms with van der Waals surface area (Å²) in [6.45, 7) is 9.58. The topological polar surface area (TPSA) is 150 Å². The molecule has 2 fully saturated rings. The molecule has 3 atom stereocenters. The molecule has 14 nitrogen and oxygen atoms in total. The van der Waals surface area contributed by atoms with Gasteiger partial charge in [-0.15, -0.1) is 5.10 Å². The van der Waals surface area contributed by atoms with Crippen LogP contribution in [0.2, 0.25) is 0 Å². The fourth-order valence-electron chi connectivity index (χ4n) is 6.58. The maximum absolute atomic E-state index is 9.66. The van der Waals surface area contributed by atoms with Crippen molar-refractivity contribution in [3.05, 3.63) is 55.0 Å². The Bertz CT molecular complexity index is 1640. The van der Waals surface area contributed by atoms with E-state index in [-0.39, 0.29) is 24.4 Å². The molecular weight excluding hydrogens is 612 g/mol. The largest absolute Gasteiger partial charge is 0.487 e. The van der Waals surface area contributed by atoms with E-state index in [9.17, 15) is 5.26 Å². The van der Waals surface area contributed by atoms with Gasteiger partial charge in [-0.05, 0) is 64.2 Å². The van der Waals surface area contributed by atoms with E-state index in [4.69, 9.17) is 24.0 Å². The molecule has 1 aliphatic heterocycles. The Hall–Kier alpha value is -4.58. The monoisotopic (exact) mass is 656 g/mol. The fourth-order valence-corrected chi connectivity index (χ4v) is 6.58. The third-order valence-electron chi connectivity index (χ3n) is 8.80. The number of methoxy groups -OCH3 is 1. The van der Waals surface area contributed by atoms with E-state index in [1.165, 1.54) is 6.33 Å². The zero-order valence-electron chi connectivity index (χ0n) is 28.0. The quantitative estimate of drug-likeness (QED) is 0.200. The maximum atomic E-state index is 9.66. The molecule has 0 amide bonds. The molecule has 1 aliphatic carbocycles. The molecule has 3 aromatic heterocycles. The third-order valence-corrected chi connectivity index (χ3v) is 8.80.